The van der Waals surface area contributed by atoms with Gasteiger partial charge in [0.25, 0.3) is 5.91 Å². The molecule has 2 aromatic heterocycles. The second kappa shape index (κ2) is 9.14. The van der Waals surface area contributed by atoms with Crippen molar-refractivity contribution >= 4 is 45.5 Å². The Morgan fingerprint density at radius 1 is 1.24 bits per heavy atom. The number of hydrogen-bond donors (Lipinski definition) is 3. The summed E-state index contributed by atoms with van der Waals surface area (Å²) < 4.78 is 13.6. The molecule has 4 aromatic rings. The number of nitrogens with one attached hydrogen (secondary N) is 3. The predicted molar refractivity (Wildman–Crippen MR) is 125 cm³/mol. The topological polar surface area (TPSA) is 110 Å². The van der Waals surface area contributed by atoms with Crippen molar-refractivity contribution in [2.75, 3.05) is 24.7 Å². The number of anilines is 3. The molecule has 0 aliphatic rings. The highest BCUT2D eigenvalue weighted by Crippen LogP contribution is 2.34. The highest BCUT2D eigenvalue weighted by molar-refractivity contribution is 6.31. The van der Waals surface area contributed by atoms with E-state index in [4.69, 9.17) is 11.6 Å². The Balaban J connectivity index is 1.88. The fourth-order valence-corrected chi connectivity index (χ4v) is 3.51. The van der Waals surface area contributed by atoms with Crippen LogP contribution >= 0.6 is 11.6 Å². The molecule has 33 heavy (non-hydrogen) atoms. The van der Waals surface area contributed by atoms with Crippen molar-refractivity contribution in [3.8, 4) is 6.07 Å². The van der Waals surface area contributed by atoms with Gasteiger partial charge in [0.05, 0.1) is 39.6 Å². The molecule has 0 saturated heterocycles. The quantitative estimate of drug-likeness (QED) is 0.383. The van der Waals surface area contributed by atoms with E-state index in [-0.39, 0.29) is 16.5 Å². The van der Waals surface area contributed by atoms with E-state index in [1.165, 1.54) is 29.3 Å². The summed E-state index contributed by atoms with van der Waals surface area (Å²) in [5, 5.41) is 23.4. The van der Waals surface area contributed by atoms with Gasteiger partial charge in [0.15, 0.2) is 0 Å². The van der Waals surface area contributed by atoms with Crippen LogP contribution < -0.4 is 10.6 Å². The second-order valence-corrected chi connectivity index (χ2v) is 7.87. The number of aromatic nitrogens is 3. The van der Waals surface area contributed by atoms with E-state index in [2.05, 4.69) is 31.9 Å². The summed E-state index contributed by atoms with van der Waals surface area (Å²) in [5.74, 6) is -0.787. The minimum Gasteiger partial charge on any atom is -0.379 e. The molecule has 8 nitrogen and oxygen atoms in total. The van der Waals surface area contributed by atoms with Gasteiger partial charge in [-0.3, -0.25) is 14.9 Å². The summed E-state index contributed by atoms with van der Waals surface area (Å²) in [6.45, 7) is 0.447. The van der Waals surface area contributed by atoms with Crippen LogP contribution in [0.5, 0.6) is 0 Å². The summed E-state index contributed by atoms with van der Waals surface area (Å²) in [7, 11) is 3.31. The third-order valence-electron chi connectivity index (χ3n) is 4.96. The van der Waals surface area contributed by atoms with Gasteiger partial charge in [0.1, 0.15) is 11.9 Å². The third-order valence-corrected chi connectivity index (χ3v) is 5.25. The predicted octanol–water partition coefficient (Wildman–Crippen LogP) is 4.68. The van der Waals surface area contributed by atoms with Crippen molar-refractivity contribution in [1.29, 1.82) is 5.26 Å². The first-order valence-electron chi connectivity index (χ1n) is 9.90. The monoisotopic (exact) mass is 463 g/mol. The van der Waals surface area contributed by atoms with Gasteiger partial charge in [0.2, 0.25) is 0 Å². The number of halogens is 2. The van der Waals surface area contributed by atoms with E-state index in [0.717, 1.165) is 5.69 Å². The number of benzene rings is 2. The minimum atomic E-state index is -0.550. The molecule has 0 aliphatic heterocycles. The molecule has 0 bridgehead atoms. The molecule has 166 valence electrons. The minimum absolute atomic E-state index is 0.0535. The number of nitriles is 1. The lowest BCUT2D eigenvalue weighted by atomic mass is 10.0. The average Bonchev–Trinajstić information content (AvgIpc) is 3.33. The van der Waals surface area contributed by atoms with Crippen LogP contribution in [0, 0.1) is 17.1 Å². The fraction of sp³-hybridized carbons (Fsp3) is 0.130. The summed E-state index contributed by atoms with van der Waals surface area (Å²) in [4.78, 5) is 18.8. The maximum Gasteiger partial charge on any atom is 0.255 e. The molecule has 0 unspecified atom stereocenters. The van der Waals surface area contributed by atoms with E-state index >= 15 is 0 Å². The number of hydrogen-bond acceptors (Lipinski definition) is 6. The Kier molecular flexibility index (Phi) is 6.11. The van der Waals surface area contributed by atoms with E-state index < -0.39 is 5.82 Å². The molecule has 2 aromatic carbocycles. The van der Waals surface area contributed by atoms with Crippen molar-refractivity contribution < 1.29 is 9.18 Å². The first-order valence-corrected chi connectivity index (χ1v) is 10.3. The van der Waals surface area contributed by atoms with Crippen LogP contribution in [0.3, 0.4) is 0 Å². The molecular weight excluding hydrogens is 445 g/mol. The number of carbonyl (C=O) groups is 1. The highest BCUT2D eigenvalue weighted by Gasteiger charge is 2.19. The highest BCUT2D eigenvalue weighted by atomic mass is 35.5. The molecule has 4 rings (SSSR count). The molecule has 0 atom stereocenters. The second-order valence-electron chi connectivity index (χ2n) is 7.47. The van der Waals surface area contributed by atoms with E-state index in [1.54, 1.807) is 32.4 Å². The largest absolute Gasteiger partial charge is 0.379 e. The van der Waals surface area contributed by atoms with E-state index in [9.17, 15) is 14.4 Å². The Bertz CT molecular complexity index is 1380. The fourth-order valence-electron chi connectivity index (χ4n) is 3.33. The van der Waals surface area contributed by atoms with Gasteiger partial charge < -0.3 is 15.5 Å². The lowest BCUT2D eigenvalue weighted by molar-refractivity contribution is 0.0829. The summed E-state index contributed by atoms with van der Waals surface area (Å²) >= 11 is 5.93. The lowest BCUT2D eigenvalue weighted by Gasteiger charge is -2.17. The Hall–Kier alpha value is -4.16. The summed E-state index contributed by atoms with van der Waals surface area (Å²) in [6.07, 6.45) is 3.05. The van der Waals surface area contributed by atoms with Gasteiger partial charge in [-0.15, -0.1) is 0 Å². The average molecular weight is 464 g/mol. The van der Waals surface area contributed by atoms with Gasteiger partial charge >= 0.3 is 0 Å². The summed E-state index contributed by atoms with van der Waals surface area (Å²) in [6, 6.07) is 11.7. The number of fused-ring (bicyclic) bond motifs is 1. The molecule has 10 heteroatoms. The molecule has 0 spiro atoms. The zero-order chi connectivity index (χ0) is 23.5. The van der Waals surface area contributed by atoms with Crippen molar-refractivity contribution in [3.63, 3.8) is 0 Å². The van der Waals surface area contributed by atoms with Crippen molar-refractivity contribution in [2.45, 2.75) is 6.54 Å². The standard InChI is InChI=1S/C23H19ClFN7O/c1-32(2)23(33)18-8-16(27-12-15-5-6-29-31-15)7-17-21(13(10-26)11-28-22(17)18)30-14-3-4-20(25)19(24)9-14/h3-9,11,27H,12H2,1-2H3,(H,28,30)(H,29,31). The Morgan fingerprint density at radius 3 is 2.73 bits per heavy atom. The Morgan fingerprint density at radius 2 is 2.06 bits per heavy atom. The maximum atomic E-state index is 13.6. The zero-order valence-corrected chi connectivity index (χ0v) is 18.5. The molecule has 0 saturated carbocycles. The van der Waals surface area contributed by atoms with Gasteiger partial charge in [0, 0.05) is 43.3 Å². The van der Waals surface area contributed by atoms with Gasteiger partial charge in [-0.1, -0.05) is 11.6 Å². The number of rotatable bonds is 6. The normalized spacial score (nSPS) is 10.6. The number of H-pyrrole nitrogens is 1. The molecule has 1 amide bonds. The van der Waals surface area contributed by atoms with Gasteiger partial charge in [-0.2, -0.15) is 10.4 Å². The van der Waals surface area contributed by atoms with Crippen LogP contribution in [-0.2, 0) is 6.54 Å². The van der Waals surface area contributed by atoms with Crippen molar-refractivity contribution in [3.05, 3.63) is 76.5 Å². The molecular formula is C23H19ClFN7O. The van der Waals surface area contributed by atoms with Gasteiger partial charge in [-0.05, 0) is 36.4 Å². The van der Waals surface area contributed by atoms with Crippen LogP contribution in [0.2, 0.25) is 5.02 Å². The zero-order valence-electron chi connectivity index (χ0n) is 17.8. The summed E-state index contributed by atoms with van der Waals surface area (Å²) in [5.41, 5.74) is 3.49. The SMILES string of the molecule is CN(C)C(=O)c1cc(NCc2ccn[nH]2)cc2c(Nc3ccc(F)c(Cl)c3)c(C#N)cnc12. The number of aromatic amines is 1. The molecule has 0 radical (unpaired) electrons. The van der Waals surface area contributed by atoms with Crippen LogP contribution in [0.25, 0.3) is 10.9 Å². The van der Waals surface area contributed by atoms with Crippen LogP contribution in [0.15, 0.2) is 48.8 Å². The maximum absolute atomic E-state index is 13.6. The van der Waals surface area contributed by atoms with E-state index in [1.807, 2.05) is 6.07 Å². The molecule has 0 aliphatic carbocycles. The van der Waals surface area contributed by atoms with E-state index in [0.29, 0.717) is 40.1 Å². The number of carbonyl (C=O) groups excluding carboxylic acids is 1. The van der Waals surface area contributed by atoms with Crippen LogP contribution in [-0.4, -0.2) is 40.1 Å². The molecule has 3 N–H and O–H groups in total. The lowest BCUT2D eigenvalue weighted by Crippen LogP contribution is -2.22. The first kappa shape index (κ1) is 22.0. The van der Waals surface area contributed by atoms with Crippen molar-refractivity contribution in [1.82, 2.24) is 20.1 Å². The number of pyridine rings is 1. The van der Waals surface area contributed by atoms with Crippen molar-refractivity contribution in [2.24, 2.45) is 0 Å². The molecule has 2 heterocycles. The smallest absolute Gasteiger partial charge is 0.255 e. The Labute approximate surface area is 194 Å². The van der Waals surface area contributed by atoms with Crippen LogP contribution in [0.4, 0.5) is 21.5 Å². The number of nitrogens with zero attached hydrogens (tertiary/aromatic N) is 4. The molecule has 0 fully saturated rings. The third kappa shape index (κ3) is 4.56. The van der Waals surface area contributed by atoms with Gasteiger partial charge in [-0.25, -0.2) is 4.39 Å². The first-order chi connectivity index (χ1) is 15.9. The van der Waals surface area contributed by atoms with Crippen LogP contribution in [0.1, 0.15) is 21.6 Å². The number of amides is 1.